The van der Waals surface area contributed by atoms with Gasteiger partial charge in [-0.25, -0.2) is 8.42 Å². The lowest BCUT2D eigenvalue weighted by Crippen LogP contribution is -2.36. The van der Waals surface area contributed by atoms with Gasteiger partial charge >= 0.3 is 5.97 Å². The summed E-state index contributed by atoms with van der Waals surface area (Å²) in [5.74, 6) is -1.16. The molecule has 206 valence electrons. The lowest BCUT2D eigenvalue weighted by molar-refractivity contribution is -0.137. The Morgan fingerprint density at radius 1 is 1.18 bits per heavy atom. The van der Waals surface area contributed by atoms with Crippen molar-refractivity contribution >= 4 is 43.3 Å². The molecule has 3 aromatic rings. The molecule has 1 aliphatic carbocycles. The molecule has 0 fully saturated rings. The number of halogens is 1. The van der Waals surface area contributed by atoms with Gasteiger partial charge in [0.1, 0.15) is 0 Å². The Morgan fingerprint density at radius 3 is 2.64 bits per heavy atom. The van der Waals surface area contributed by atoms with Crippen LogP contribution in [0.1, 0.15) is 65.1 Å². The summed E-state index contributed by atoms with van der Waals surface area (Å²) < 4.78 is 30.5. The van der Waals surface area contributed by atoms with Crippen molar-refractivity contribution in [2.24, 2.45) is 5.92 Å². The van der Waals surface area contributed by atoms with Gasteiger partial charge in [0.05, 0.1) is 28.7 Å². The maximum atomic E-state index is 14.1. The molecule has 0 aromatic heterocycles. The van der Waals surface area contributed by atoms with Gasteiger partial charge in [-0.15, -0.1) is 0 Å². The van der Waals surface area contributed by atoms with Crippen LogP contribution in [-0.2, 0) is 27.7 Å². The van der Waals surface area contributed by atoms with Crippen LogP contribution >= 0.6 is 15.9 Å². The van der Waals surface area contributed by atoms with Crippen LogP contribution in [0.3, 0.4) is 0 Å². The minimum Gasteiger partial charge on any atom is -0.481 e. The summed E-state index contributed by atoms with van der Waals surface area (Å²) in [5.41, 5.74) is 13.2. The topological polar surface area (TPSA) is 113 Å². The minimum atomic E-state index is -3.74. The molecule has 0 spiro atoms. The van der Waals surface area contributed by atoms with E-state index in [4.69, 9.17) is 5.73 Å². The molecule has 3 unspecified atom stereocenters. The highest BCUT2D eigenvalue weighted by molar-refractivity contribution is 9.10. The third-order valence-electron chi connectivity index (χ3n) is 8.22. The molecule has 39 heavy (non-hydrogen) atoms. The second-order valence-electron chi connectivity index (χ2n) is 10.8. The van der Waals surface area contributed by atoms with Gasteiger partial charge in [-0.2, -0.15) is 4.31 Å². The molecule has 0 saturated heterocycles. The first-order valence-corrected chi connectivity index (χ1v) is 15.5. The fourth-order valence-corrected chi connectivity index (χ4v) is 8.77. The Kier molecular flexibility index (Phi) is 7.52. The first kappa shape index (κ1) is 27.7. The molecule has 5 rings (SSSR count). The van der Waals surface area contributed by atoms with Gasteiger partial charge in [-0.05, 0) is 83.7 Å². The number of hydrogen-bond acceptors (Lipinski definition) is 5. The number of aryl methyl sites for hydroxylation is 1. The maximum Gasteiger partial charge on any atom is 0.304 e. The number of hydrogen-bond donors (Lipinski definition) is 3. The number of sulfonamides is 1. The number of anilines is 2. The first-order valence-electron chi connectivity index (χ1n) is 13.2. The average molecular weight is 613 g/mol. The summed E-state index contributed by atoms with van der Waals surface area (Å²) >= 11 is 3.46. The molecule has 9 heteroatoms. The van der Waals surface area contributed by atoms with Crippen LogP contribution in [0.25, 0.3) is 0 Å². The van der Waals surface area contributed by atoms with Crippen LogP contribution in [0, 0.1) is 12.8 Å². The maximum absolute atomic E-state index is 14.1. The summed E-state index contributed by atoms with van der Waals surface area (Å²) in [6.07, 6.45) is 2.07. The Balaban J connectivity index is 1.59. The van der Waals surface area contributed by atoms with E-state index in [-0.39, 0.29) is 18.4 Å². The summed E-state index contributed by atoms with van der Waals surface area (Å²) in [4.78, 5) is 12.4. The Bertz CT molecular complexity index is 1560. The number of rotatable bonds is 6. The standard InChI is InChI=1S/C30H34BrN3O4S/c1-17-12-21-6-8-22(31)14-28(21)39(37,38)34(16-17)27-11-7-19-4-5-20(13-25(19)27)24(15-29(35)36)23-9-10-26(33-3)30(32)18(23)2/h4-6,8-10,13-14,17,24,27,33H,7,11-12,15-16,32H2,1-3H3,(H,35,36). The quantitative estimate of drug-likeness (QED) is 0.301. The van der Waals surface area contributed by atoms with E-state index in [1.165, 1.54) is 0 Å². The third-order valence-corrected chi connectivity index (χ3v) is 10.7. The zero-order valence-electron chi connectivity index (χ0n) is 22.4. The van der Waals surface area contributed by atoms with Crippen LogP contribution in [0.4, 0.5) is 11.4 Å². The van der Waals surface area contributed by atoms with Gasteiger partial charge < -0.3 is 16.2 Å². The van der Waals surface area contributed by atoms with Crippen molar-refractivity contribution < 1.29 is 18.3 Å². The summed E-state index contributed by atoms with van der Waals surface area (Å²) in [5, 5.41) is 12.9. The molecule has 0 bridgehead atoms. The van der Waals surface area contributed by atoms with E-state index >= 15 is 0 Å². The molecular weight excluding hydrogens is 578 g/mol. The lowest BCUT2D eigenvalue weighted by atomic mass is 9.84. The predicted molar refractivity (Wildman–Crippen MR) is 158 cm³/mol. The van der Waals surface area contributed by atoms with Gasteiger partial charge in [0.25, 0.3) is 0 Å². The smallest absolute Gasteiger partial charge is 0.304 e. The lowest BCUT2D eigenvalue weighted by Gasteiger charge is -2.30. The number of nitrogens with two attached hydrogens (primary N) is 1. The number of carbonyl (C=O) groups is 1. The summed E-state index contributed by atoms with van der Waals surface area (Å²) in [6, 6.07) is 15.1. The normalized spacial score (nSPS) is 21.0. The summed E-state index contributed by atoms with van der Waals surface area (Å²) in [6.45, 7) is 4.44. The highest BCUT2D eigenvalue weighted by Gasteiger charge is 2.40. The SMILES string of the molecule is CNc1ccc(C(CC(=O)O)c2ccc3c(c2)C(N2CC(C)Cc4ccc(Br)cc4S2(=O)=O)CC3)c(C)c1N. The van der Waals surface area contributed by atoms with Crippen LogP contribution in [0.5, 0.6) is 0 Å². The van der Waals surface area contributed by atoms with Crippen molar-refractivity contribution in [3.05, 3.63) is 86.4 Å². The molecule has 3 atom stereocenters. The van der Waals surface area contributed by atoms with E-state index in [2.05, 4.69) is 28.2 Å². The Hall–Kier alpha value is -2.88. The van der Waals surface area contributed by atoms with Crippen LogP contribution < -0.4 is 11.1 Å². The van der Waals surface area contributed by atoms with E-state index in [0.29, 0.717) is 30.0 Å². The van der Waals surface area contributed by atoms with Crippen LogP contribution in [-0.4, -0.2) is 37.4 Å². The van der Waals surface area contributed by atoms with Crippen molar-refractivity contribution in [1.29, 1.82) is 0 Å². The van der Waals surface area contributed by atoms with Gasteiger partial charge in [-0.1, -0.05) is 53.2 Å². The monoisotopic (exact) mass is 611 g/mol. The second-order valence-corrected chi connectivity index (χ2v) is 13.6. The predicted octanol–water partition coefficient (Wildman–Crippen LogP) is 5.86. The first-order chi connectivity index (χ1) is 18.5. The fraction of sp³-hybridized carbons (Fsp3) is 0.367. The van der Waals surface area contributed by atoms with Crippen molar-refractivity contribution in [3.8, 4) is 0 Å². The average Bonchev–Trinajstić information content (AvgIpc) is 3.27. The number of fused-ring (bicyclic) bond motifs is 2. The van der Waals surface area contributed by atoms with Crippen molar-refractivity contribution in [1.82, 2.24) is 4.31 Å². The molecular formula is C30H34BrN3O4S. The van der Waals surface area contributed by atoms with E-state index in [9.17, 15) is 18.3 Å². The molecule has 1 heterocycles. The largest absolute Gasteiger partial charge is 0.481 e. The van der Waals surface area contributed by atoms with Gasteiger partial charge in [0.2, 0.25) is 10.0 Å². The Morgan fingerprint density at radius 2 is 1.92 bits per heavy atom. The molecule has 0 amide bonds. The van der Waals surface area contributed by atoms with E-state index in [1.54, 1.807) is 17.4 Å². The number of carboxylic acid groups (broad SMARTS) is 1. The molecule has 1 aliphatic heterocycles. The molecule has 0 radical (unpaired) electrons. The number of nitrogen functional groups attached to an aromatic ring is 1. The highest BCUT2D eigenvalue weighted by Crippen LogP contribution is 2.44. The number of nitrogens with one attached hydrogen (secondary N) is 1. The zero-order valence-corrected chi connectivity index (χ0v) is 24.8. The van der Waals surface area contributed by atoms with E-state index in [1.807, 2.05) is 49.4 Å². The molecule has 2 aliphatic rings. The number of carboxylic acids is 1. The third kappa shape index (κ3) is 5.08. The van der Waals surface area contributed by atoms with Crippen LogP contribution in [0.15, 0.2) is 57.9 Å². The zero-order chi connectivity index (χ0) is 28.1. The van der Waals surface area contributed by atoms with Crippen molar-refractivity contribution in [3.63, 3.8) is 0 Å². The molecule has 3 aromatic carbocycles. The van der Waals surface area contributed by atoms with Crippen molar-refractivity contribution in [2.45, 2.75) is 56.4 Å². The summed E-state index contributed by atoms with van der Waals surface area (Å²) in [7, 11) is -1.94. The van der Waals surface area contributed by atoms with E-state index < -0.39 is 21.9 Å². The number of benzene rings is 3. The molecule has 0 saturated carbocycles. The van der Waals surface area contributed by atoms with Crippen LogP contribution in [0.2, 0.25) is 0 Å². The molecule has 7 nitrogen and oxygen atoms in total. The second kappa shape index (κ2) is 10.6. The van der Waals surface area contributed by atoms with Gasteiger partial charge in [0, 0.05) is 24.0 Å². The fourth-order valence-electron chi connectivity index (χ4n) is 6.24. The number of aliphatic carboxylic acids is 1. The van der Waals surface area contributed by atoms with Crippen molar-refractivity contribution in [2.75, 3.05) is 24.6 Å². The number of nitrogens with zero attached hydrogens (tertiary/aromatic N) is 1. The highest BCUT2D eigenvalue weighted by atomic mass is 79.9. The van der Waals surface area contributed by atoms with Gasteiger partial charge in [-0.3, -0.25) is 4.79 Å². The minimum absolute atomic E-state index is 0.0942. The Labute approximate surface area is 238 Å². The van der Waals surface area contributed by atoms with Gasteiger partial charge in [0.15, 0.2) is 0 Å². The molecule has 4 N–H and O–H groups in total. The van der Waals surface area contributed by atoms with E-state index in [0.717, 1.165) is 50.0 Å².